The lowest BCUT2D eigenvalue weighted by molar-refractivity contribution is 0.660. The topological polar surface area (TPSA) is 8.17 Å². The molecular weight excluding hydrogens is 641 g/mol. The van der Waals surface area contributed by atoms with Gasteiger partial charge in [-0.3, -0.25) is 0 Å². The molecule has 0 amide bonds. The van der Waals surface area contributed by atoms with Gasteiger partial charge in [-0.15, -0.1) is 0 Å². The van der Waals surface area contributed by atoms with Crippen molar-refractivity contribution >= 4 is 44.4 Å². The Kier molecular flexibility index (Phi) is 7.82. The van der Waals surface area contributed by atoms with Gasteiger partial charge >= 0.3 is 0 Å². The van der Waals surface area contributed by atoms with Crippen LogP contribution in [0.1, 0.15) is 30.5 Å². The van der Waals surface area contributed by atoms with Crippen molar-refractivity contribution in [1.82, 2.24) is 4.57 Å². The molecule has 0 saturated carbocycles. The summed E-state index contributed by atoms with van der Waals surface area (Å²) in [5.74, 6) is 0. The maximum atomic E-state index is 4.02. The molecule has 0 fully saturated rings. The maximum absolute atomic E-state index is 4.02. The van der Waals surface area contributed by atoms with Crippen molar-refractivity contribution in [2.75, 3.05) is 4.90 Å². The Morgan fingerprint density at radius 1 is 0.547 bits per heavy atom. The normalized spacial score (nSPS) is 13.1. The minimum absolute atomic E-state index is 0.212. The van der Waals surface area contributed by atoms with Crippen molar-refractivity contribution in [1.29, 1.82) is 0 Å². The molecule has 0 spiro atoms. The molecule has 254 valence electrons. The van der Waals surface area contributed by atoms with Crippen molar-refractivity contribution in [2.24, 2.45) is 0 Å². The van der Waals surface area contributed by atoms with Crippen molar-refractivity contribution in [3.63, 3.8) is 0 Å². The van der Waals surface area contributed by atoms with Crippen molar-refractivity contribution in [3.05, 3.63) is 212 Å². The zero-order valence-corrected chi connectivity index (χ0v) is 30.1. The van der Waals surface area contributed by atoms with Gasteiger partial charge < -0.3 is 9.47 Å². The van der Waals surface area contributed by atoms with E-state index in [1.807, 2.05) is 18.2 Å². The first-order valence-corrected chi connectivity index (χ1v) is 18.3. The van der Waals surface area contributed by atoms with Crippen LogP contribution in [0.15, 0.2) is 195 Å². The molecule has 1 heterocycles. The molecule has 2 heteroatoms. The van der Waals surface area contributed by atoms with Crippen LogP contribution in [0.2, 0.25) is 0 Å². The number of aromatic nitrogens is 1. The van der Waals surface area contributed by atoms with Crippen LogP contribution in [-0.2, 0) is 5.41 Å². The second-order valence-corrected chi connectivity index (χ2v) is 14.3. The first kappa shape index (κ1) is 32.3. The summed E-state index contributed by atoms with van der Waals surface area (Å²) in [4.78, 5) is 2.37. The second-order valence-electron chi connectivity index (χ2n) is 14.3. The lowest BCUT2D eigenvalue weighted by atomic mass is 9.82. The van der Waals surface area contributed by atoms with Gasteiger partial charge in [-0.1, -0.05) is 148 Å². The average Bonchev–Trinajstić information content (AvgIpc) is 3.66. The van der Waals surface area contributed by atoms with Crippen molar-refractivity contribution < 1.29 is 0 Å². The molecule has 8 aromatic rings. The summed E-state index contributed by atoms with van der Waals surface area (Å²) in [5, 5.41) is 2.55. The minimum Gasteiger partial charge on any atom is -0.310 e. The van der Waals surface area contributed by atoms with Crippen LogP contribution >= 0.6 is 0 Å². The standard InChI is InChI=1S/C51H40N2/c1-5-14-35(6-2)37-21-25-39(26-22-37)52(40-27-23-38(24-28-40)36-15-8-7-9-16-36)41-29-31-43-44-32-30-42(34-48(44)51(3,4)47(43)33-41)53-49-19-12-10-17-45(49)46-18-11-13-20-50(46)53/h5-34H,1-2H2,3-4H3/b35-14+. The average molecular weight is 681 g/mol. The molecular formula is C51H40N2. The quantitative estimate of drug-likeness (QED) is 0.145. The van der Waals surface area contributed by atoms with Crippen molar-refractivity contribution in [3.8, 4) is 27.9 Å². The van der Waals surface area contributed by atoms with Crippen molar-refractivity contribution in [2.45, 2.75) is 19.3 Å². The predicted octanol–water partition coefficient (Wildman–Crippen LogP) is 14.0. The van der Waals surface area contributed by atoms with Gasteiger partial charge in [-0.25, -0.2) is 0 Å². The number of rotatable bonds is 8. The highest BCUT2D eigenvalue weighted by Crippen LogP contribution is 2.51. The number of fused-ring (bicyclic) bond motifs is 6. The number of para-hydroxylation sites is 2. The zero-order chi connectivity index (χ0) is 36.1. The molecule has 53 heavy (non-hydrogen) atoms. The van der Waals surface area contributed by atoms with E-state index in [2.05, 4.69) is 200 Å². The van der Waals surface area contributed by atoms with E-state index in [4.69, 9.17) is 0 Å². The Morgan fingerprint density at radius 3 is 1.70 bits per heavy atom. The van der Waals surface area contributed by atoms with Crippen LogP contribution in [0, 0.1) is 0 Å². The van der Waals surface area contributed by atoms with Crippen LogP contribution in [0.5, 0.6) is 0 Å². The summed E-state index contributed by atoms with van der Waals surface area (Å²) in [6.07, 6.45) is 5.68. The van der Waals surface area contributed by atoms with Gasteiger partial charge in [0.15, 0.2) is 0 Å². The van der Waals surface area contributed by atoms with Gasteiger partial charge in [0.2, 0.25) is 0 Å². The number of allylic oxidation sites excluding steroid dienone is 4. The van der Waals surface area contributed by atoms with E-state index in [-0.39, 0.29) is 5.41 Å². The van der Waals surface area contributed by atoms with Gasteiger partial charge in [0.25, 0.3) is 0 Å². The fourth-order valence-electron chi connectivity index (χ4n) is 8.29. The number of hydrogen-bond donors (Lipinski definition) is 0. The lowest BCUT2D eigenvalue weighted by Crippen LogP contribution is -2.17. The van der Waals surface area contributed by atoms with Crippen LogP contribution < -0.4 is 4.90 Å². The summed E-state index contributed by atoms with van der Waals surface area (Å²) in [7, 11) is 0. The molecule has 1 aliphatic rings. The third-order valence-corrected chi connectivity index (χ3v) is 10.9. The van der Waals surface area contributed by atoms with Crippen LogP contribution in [0.4, 0.5) is 17.1 Å². The zero-order valence-electron chi connectivity index (χ0n) is 30.1. The third-order valence-electron chi connectivity index (χ3n) is 10.9. The summed E-state index contributed by atoms with van der Waals surface area (Å²) in [5.41, 5.74) is 16.6. The van der Waals surface area contributed by atoms with E-state index in [1.165, 1.54) is 60.9 Å². The minimum atomic E-state index is -0.212. The Balaban J connectivity index is 1.15. The Hall–Kier alpha value is -6.64. The largest absolute Gasteiger partial charge is 0.310 e. The van der Waals surface area contributed by atoms with Gasteiger partial charge in [0, 0.05) is 38.9 Å². The third kappa shape index (κ3) is 5.34. The molecule has 2 nitrogen and oxygen atoms in total. The molecule has 0 saturated heterocycles. The number of hydrogen-bond acceptors (Lipinski definition) is 1. The first-order chi connectivity index (χ1) is 26.0. The highest BCUT2D eigenvalue weighted by atomic mass is 15.1. The predicted molar refractivity (Wildman–Crippen MR) is 227 cm³/mol. The molecule has 0 atom stereocenters. The van der Waals surface area contributed by atoms with E-state index >= 15 is 0 Å². The van der Waals surface area contributed by atoms with Gasteiger partial charge in [0.05, 0.1) is 11.0 Å². The first-order valence-electron chi connectivity index (χ1n) is 18.3. The summed E-state index contributed by atoms with van der Waals surface area (Å²) < 4.78 is 2.42. The van der Waals surface area contributed by atoms with E-state index in [0.29, 0.717) is 0 Å². The smallest absolute Gasteiger partial charge is 0.0541 e. The molecule has 7 aromatic carbocycles. The summed E-state index contributed by atoms with van der Waals surface area (Å²) >= 11 is 0. The molecule has 9 rings (SSSR count). The highest BCUT2D eigenvalue weighted by molar-refractivity contribution is 6.09. The second kappa shape index (κ2) is 12.8. The molecule has 0 radical (unpaired) electrons. The SMILES string of the molecule is C=C/C=C(\C=C)c1ccc(N(c2ccc(-c3ccccc3)cc2)c2ccc3c(c2)C(C)(C)c2cc(-n4c5ccccc5c5ccccc54)ccc2-3)cc1. The van der Waals surface area contributed by atoms with Gasteiger partial charge in [0.1, 0.15) is 0 Å². The van der Waals surface area contributed by atoms with E-state index in [1.54, 1.807) is 0 Å². The molecule has 1 aliphatic carbocycles. The number of anilines is 3. The van der Waals surface area contributed by atoms with Gasteiger partial charge in [-0.2, -0.15) is 0 Å². The maximum Gasteiger partial charge on any atom is 0.0541 e. The molecule has 0 N–H and O–H groups in total. The summed E-state index contributed by atoms with van der Waals surface area (Å²) in [6, 6.07) is 59.7. The van der Waals surface area contributed by atoms with Crippen LogP contribution in [-0.4, -0.2) is 4.57 Å². The van der Waals surface area contributed by atoms with Gasteiger partial charge in [-0.05, 0) is 105 Å². The Labute approximate surface area is 311 Å². The van der Waals surface area contributed by atoms with E-state index in [9.17, 15) is 0 Å². The summed E-state index contributed by atoms with van der Waals surface area (Å²) in [6.45, 7) is 12.7. The van der Waals surface area contributed by atoms with E-state index in [0.717, 1.165) is 28.2 Å². The Bertz CT molecular complexity index is 2650. The van der Waals surface area contributed by atoms with E-state index < -0.39 is 0 Å². The fraction of sp³-hybridized carbons (Fsp3) is 0.0588. The van der Waals surface area contributed by atoms with Crippen LogP contribution in [0.3, 0.4) is 0 Å². The molecule has 0 aliphatic heterocycles. The van der Waals surface area contributed by atoms with Crippen LogP contribution in [0.25, 0.3) is 55.3 Å². The highest BCUT2D eigenvalue weighted by Gasteiger charge is 2.36. The lowest BCUT2D eigenvalue weighted by Gasteiger charge is -2.28. The molecule has 0 bridgehead atoms. The number of benzene rings is 7. The molecule has 0 unspecified atom stereocenters. The monoisotopic (exact) mass is 680 g/mol. The molecule has 1 aromatic heterocycles. The fourth-order valence-corrected chi connectivity index (χ4v) is 8.29. The number of nitrogens with zero attached hydrogens (tertiary/aromatic N) is 2. The Morgan fingerprint density at radius 2 is 1.08 bits per heavy atom.